The first-order valence-electron chi connectivity index (χ1n) is 5.61. The van der Waals surface area contributed by atoms with Gasteiger partial charge in [0.1, 0.15) is 5.69 Å². The van der Waals surface area contributed by atoms with Gasteiger partial charge in [0, 0.05) is 4.47 Å². The predicted octanol–water partition coefficient (Wildman–Crippen LogP) is 4.04. The maximum Gasteiger partial charge on any atom is 0.335 e. The fraction of sp³-hybridized carbons (Fsp3) is 0. The molecule has 2 aromatic carbocycles. The second-order valence-electron chi connectivity index (χ2n) is 4.05. The van der Waals surface area contributed by atoms with Crippen LogP contribution in [0.25, 0.3) is 0 Å². The van der Waals surface area contributed by atoms with Crippen LogP contribution in [0.3, 0.4) is 0 Å². The number of nitriles is 1. The van der Waals surface area contributed by atoms with E-state index in [-0.39, 0.29) is 0 Å². The Morgan fingerprint density at radius 3 is 2.33 bits per heavy atom. The summed E-state index contributed by atoms with van der Waals surface area (Å²) >= 11 is 3.18. The Morgan fingerprint density at radius 1 is 1.24 bits per heavy atom. The van der Waals surface area contributed by atoms with Gasteiger partial charge in [-0.05, 0) is 46.3 Å². The summed E-state index contributed by atoms with van der Waals surface area (Å²) < 4.78 is 28.0. The van der Waals surface area contributed by atoms with Crippen LogP contribution in [-0.2, 0) is 0 Å². The highest BCUT2D eigenvalue weighted by atomic mass is 79.9. The molecular formula is C14H7BrF2N2O2. The van der Waals surface area contributed by atoms with Gasteiger partial charge in [-0.1, -0.05) is 0 Å². The number of anilines is 2. The van der Waals surface area contributed by atoms with E-state index in [2.05, 4.69) is 21.2 Å². The largest absolute Gasteiger partial charge is 0.478 e. The van der Waals surface area contributed by atoms with E-state index in [0.29, 0.717) is 15.7 Å². The lowest BCUT2D eigenvalue weighted by Crippen LogP contribution is -2.03. The Bertz CT molecular complexity index is 749. The number of carboxylic acid groups (broad SMARTS) is 1. The first-order valence-corrected chi connectivity index (χ1v) is 6.40. The van der Waals surface area contributed by atoms with Gasteiger partial charge in [0.2, 0.25) is 0 Å². The number of carboxylic acids is 1. The number of nitrogens with one attached hydrogen (secondary N) is 1. The van der Waals surface area contributed by atoms with Crippen molar-refractivity contribution in [3.05, 3.63) is 57.6 Å². The van der Waals surface area contributed by atoms with E-state index in [1.807, 2.05) is 6.07 Å². The Balaban J connectivity index is 2.41. The zero-order valence-corrected chi connectivity index (χ0v) is 11.9. The van der Waals surface area contributed by atoms with Crippen molar-refractivity contribution in [2.75, 3.05) is 5.32 Å². The van der Waals surface area contributed by atoms with Gasteiger partial charge in [-0.2, -0.15) is 5.26 Å². The minimum Gasteiger partial charge on any atom is -0.478 e. The van der Waals surface area contributed by atoms with Gasteiger partial charge in [0.15, 0.2) is 11.6 Å². The van der Waals surface area contributed by atoms with Gasteiger partial charge in [0.25, 0.3) is 0 Å². The SMILES string of the molecule is N#Cc1ccc(Nc2c(F)cc(C(=O)O)cc2F)c(Br)c1. The lowest BCUT2D eigenvalue weighted by Gasteiger charge is -2.11. The molecule has 0 amide bonds. The topological polar surface area (TPSA) is 73.1 Å². The first kappa shape index (κ1) is 14.9. The van der Waals surface area contributed by atoms with Crippen LogP contribution in [0.4, 0.5) is 20.2 Å². The third kappa shape index (κ3) is 3.17. The molecule has 0 spiro atoms. The molecule has 0 aliphatic carbocycles. The molecule has 0 bridgehead atoms. The van der Waals surface area contributed by atoms with Gasteiger partial charge >= 0.3 is 5.97 Å². The average Bonchev–Trinajstić information content (AvgIpc) is 2.43. The molecule has 0 aliphatic heterocycles. The fourth-order valence-electron chi connectivity index (χ4n) is 1.64. The van der Waals surface area contributed by atoms with Crippen LogP contribution in [0.1, 0.15) is 15.9 Å². The average molecular weight is 353 g/mol. The molecule has 2 rings (SSSR count). The van der Waals surface area contributed by atoms with Crippen LogP contribution in [0, 0.1) is 23.0 Å². The lowest BCUT2D eigenvalue weighted by atomic mass is 10.1. The number of rotatable bonds is 3. The van der Waals surface area contributed by atoms with Crippen LogP contribution in [-0.4, -0.2) is 11.1 Å². The fourth-order valence-corrected chi connectivity index (χ4v) is 2.11. The second kappa shape index (κ2) is 5.89. The third-order valence-electron chi connectivity index (χ3n) is 2.65. The van der Waals surface area contributed by atoms with Crippen molar-refractivity contribution in [1.29, 1.82) is 5.26 Å². The summed E-state index contributed by atoms with van der Waals surface area (Å²) in [7, 11) is 0. The van der Waals surface area contributed by atoms with Gasteiger partial charge < -0.3 is 10.4 Å². The van der Waals surface area contributed by atoms with Gasteiger partial charge in [0.05, 0.1) is 22.9 Å². The maximum absolute atomic E-state index is 13.8. The van der Waals surface area contributed by atoms with E-state index < -0.39 is 28.9 Å². The number of halogens is 3. The minimum absolute atomic E-state index is 0.342. The van der Waals surface area contributed by atoms with E-state index in [0.717, 1.165) is 12.1 Å². The van der Waals surface area contributed by atoms with Crippen molar-refractivity contribution < 1.29 is 18.7 Å². The highest BCUT2D eigenvalue weighted by molar-refractivity contribution is 9.10. The molecule has 0 aliphatic rings. The molecular weight excluding hydrogens is 346 g/mol. The number of hydrogen-bond acceptors (Lipinski definition) is 3. The Kier molecular flexibility index (Phi) is 4.19. The molecule has 0 radical (unpaired) electrons. The smallest absolute Gasteiger partial charge is 0.335 e. The second-order valence-corrected chi connectivity index (χ2v) is 4.91. The molecule has 0 atom stereocenters. The minimum atomic E-state index is -1.42. The molecule has 0 heterocycles. The number of benzene rings is 2. The Labute approximate surface area is 126 Å². The first-order chi connectivity index (χ1) is 9.92. The number of carbonyl (C=O) groups is 1. The highest BCUT2D eigenvalue weighted by Gasteiger charge is 2.15. The standard InChI is InChI=1S/C14H7BrF2N2O2/c15-9-3-7(6-18)1-2-12(9)19-13-10(16)4-8(14(20)21)5-11(13)17/h1-5,19H,(H,20,21). The molecule has 7 heteroatoms. The highest BCUT2D eigenvalue weighted by Crippen LogP contribution is 2.30. The van der Waals surface area contributed by atoms with Crippen LogP contribution in [0.5, 0.6) is 0 Å². The molecule has 4 nitrogen and oxygen atoms in total. The van der Waals surface area contributed by atoms with E-state index in [1.165, 1.54) is 18.2 Å². The summed E-state index contributed by atoms with van der Waals surface area (Å²) in [4.78, 5) is 10.7. The number of nitrogens with zero attached hydrogens (tertiary/aromatic N) is 1. The van der Waals surface area contributed by atoms with Crippen LogP contribution in [0.2, 0.25) is 0 Å². The number of hydrogen-bond donors (Lipinski definition) is 2. The van der Waals surface area contributed by atoms with E-state index in [1.54, 1.807) is 0 Å². The Morgan fingerprint density at radius 2 is 1.86 bits per heavy atom. The van der Waals surface area contributed by atoms with Crippen molar-refractivity contribution in [1.82, 2.24) is 0 Å². The summed E-state index contributed by atoms with van der Waals surface area (Å²) in [5.41, 5.74) is -0.218. The van der Waals surface area contributed by atoms with Crippen molar-refractivity contribution in [3.8, 4) is 6.07 Å². The van der Waals surface area contributed by atoms with Gasteiger partial charge in [-0.15, -0.1) is 0 Å². The lowest BCUT2D eigenvalue weighted by molar-refractivity contribution is 0.0696. The maximum atomic E-state index is 13.8. The van der Waals surface area contributed by atoms with Gasteiger partial charge in [-0.25, -0.2) is 13.6 Å². The summed E-state index contributed by atoms with van der Waals surface area (Å²) in [6, 6.07) is 7.83. The summed E-state index contributed by atoms with van der Waals surface area (Å²) in [5, 5.41) is 20.0. The molecule has 0 saturated carbocycles. The van der Waals surface area contributed by atoms with E-state index in [9.17, 15) is 13.6 Å². The van der Waals surface area contributed by atoms with Crippen molar-refractivity contribution >= 4 is 33.3 Å². The molecule has 106 valence electrons. The van der Waals surface area contributed by atoms with Crippen molar-refractivity contribution in [2.24, 2.45) is 0 Å². The zero-order chi connectivity index (χ0) is 15.6. The summed E-state index contributed by atoms with van der Waals surface area (Å²) in [6.45, 7) is 0. The molecule has 2 N–H and O–H groups in total. The van der Waals surface area contributed by atoms with Crippen LogP contribution in [0.15, 0.2) is 34.8 Å². The van der Waals surface area contributed by atoms with E-state index in [4.69, 9.17) is 10.4 Å². The van der Waals surface area contributed by atoms with Crippen molar-refractivity contribution in [2.45, 2.75) is 0 Å². The number of aromatic carboxylic acids is 1. The monoisotopic (exact) mass is 352 g/mol. The summed E-state index contributed by atoms with van der Waals surface area (Å²) in [6.07, 6.45) is 0. The summed E-state index contributed by atoms with van der Waals surface area (Å²) in [5.74, 6) is -3.47. The van der Waals surface area contributed by atoms with Gasteiger partial charge in [-0.3, -0.25) is 0 Å². The zero-order valence-electron chi connectivity index (χ0n) is 10.3. The normalized spacial score (nSPS) is 10.0. The molecule has 0 aromatic heterocycles. The van der Waals surface area contributed by atoms with Crippen molar-refractivity contribution in [3.63, 3.8) is 0 Å². The third-order valence-corrected chi connectivity index (χ3v) is 3.30. The van der Waals surface area contributed by atoms with Crippen LogP contribution < -0.4 is 5.32 Å². The molecule has 2 aromatic rings. The molecule has 0 saturated heterocycles. The quantitative estimate of drug-likeness (QED) is 0.874. The van der Waals surface area contributed by atoms with E-state index >= 15 is 0 Å². The van der Waals surface area contributed by atoms with Crippen LogP contribution >= 0.6 is 15.9 Å². The molecule has 0 unspecified atom stereocenters. The predicted molar refractivity (Wildman–Crippen MR) is 75.5 cm³/mol. The molecule has 21 heavy (non-hydrogen) atoms. The molecule has 0 fully saturated rings. The Hall–Kier alpha value is -2.46.